The minimum absolute atomic E-state index is 0.0354. The molecule has 4 aromatic rings. The minimum Gasteiger partial charge on any atom is -0.356 e. The lowest BCUT2D eigenvalue weighted by atomic mass is 9.79. The fourth-order valence-electron chi connectivity index (χ4n) is 4.81. The Morgan fingerprint density at radius 3 is 2.69 bits per heavy atom. The monoisotopic (exact) mass is 383 g/mol. The van der Waals surface area contributed by atoms with Gasteiger partial charge in [-0.2, -0.15) is 0 Å². The van der Waals surface area contributed by atoms with Crippen LogP contribution in [-0.4, -0.2) is 10.8 Å². The van der Waals surface area contributed by atoms with Gasteiger partial charge >= 0.3 is 0 Å². The molecular weight excluding hydrogens is 358 g/mol. The Hall–Kier alpha value is -2.95. The van der Waals surface area contributed by atoms with Crippen molar-refractivity contribution in [2.45, 2.75) is 31.8 Å². The highest BCUT2D eigenvalue weighted by atomic mass is 16.1. The van der Waals surface area contributed by atoms with E-state index in [0.717, 1.165) is 57.8 Å². The van der Waals surface area contributed by atoms with Gasteiger partial charge in [-0.15, -0.1) is 0 Å². The number of benzene rings is 3. The van der Waals surface area contributed by atoms with Crippen LogP contribution < -0.4 is 11.5 Å². The van der Waals surface area contributed by atoms with E-state index in [1.165, 1.54) is 0 Å². The molecule has 3 aromatic carbocycles. The third kappa shape index (κ3) is 2.87. The summed E-state index contributed by atoms with van der Waals surface area (Å²) in [6.07, 6.45) is 2.75. The van der Waals surface area contributed by atoms with Crippen LogP contribution in [-0.2, 0) is 12.1 Å². The van der Waals surface area contributed by atoms with Crippen molar-refractivity contribution >= 4 is 27.5 Å². The average molecular weight is 383 g/mol. The van der Waals surface area contributed by atoms with Crippen LogP contribution in [0, 0.1) is 5.92 Å². The van der Waals surface area contributed by atoms with E-state index in [0.29, 0.717) is 11.5 Å². The Balaban J connectivity index is 1.65. The van der Waals surface area contributed by atoms with Crippen LogP contribution in [0.25, 0.3) is 21.7 Å². The van der Waals surface area contributed by atoms with Crippen LogP contribution in [0.3, 0.4) is 0 Å². The fourth-order valence-corrected chi connectivity index (χ4v) is 4.81. The van der Waals surface area contributed by atoms with Gasteiger partial charge < -0.3 is 16.5 Å². The Bertz CT molecular complexity index is 1250. The topological polar surface area (TPSA) is 84.9 Å². The molecular formula is C25H25N3O. The van der Waals surface area contributed by atoms with Crippen molar-refractivity contribution < 1.29 is 4.79 Å². The maximum atomic E-state index is 13.4. The molecule has 0 fully saturated rings. The summed E-state index contributed by atoms with van der Waals surface area (Å²) < 4.78 is 0. The van der Waals surface area contributed by atoms with Gasteiger partial charge in [-0.05, 0) is 53.3 Å². The first kappa shape index (κ1) is 18.1. The molecule has 1 aliphatic carbocycles. The number of nitrogens with two attached hydrogens (primary N) is 2. The first-order valence-electron chi connectivity index (χ1n) is 10.2. The largest absolute Gasteiger partial charge is 0.356 e. The van der Waals surface area contributed by atoms with Gasteiger partial charge in [0.1, 0.15) is 5.66 Å². The summed E-state index contributed by atoms with van der Waals surface area (Å²) >= 11 is 0. The standard InChI is InChI=1S/C25H25N3O/c1-2-15-12-21-20-13-17(10-11-22(20)28-24(21)25(26,27)14-15)23(29)19-9-5-7-16-6-3-4-8-18(16)19/h3-11,13,15,28H,2,12,14,26-27H2,1H3. The van der Waals surface area contributed by atoms with Crippen molar-refractivity contribution in [3.05, 3.63) is 83.0 Å². The van der Waals surface area contributed by atoms with E-state index >= 15 is 0 Å². The van der Waals surface area contributed by atoms with Crippen molar-refractivity contribution in [1.29, 1.82) is 0 Å². The third-order valence-corrected chi connectivity index (χ3v) is 6.36. The van der Waals surface area contributed by atoms with Crippen LogP contribution >= 0.6 is 0 Å². The summed E-state index contributed by atoms with van der Waals surface area (Å²) in [4.78, 5) is 16.8. The molecule has 4 nitrogen and oxygen atoms in total. The predicted molar refractivity (Wildman–Crippen MR) is 118 cm³/mol. The highest BCUT2D eigenvalue weighted by Gasteiger charge is 2.36. The van der Waals surface area contributed by atoms with Gasteiger partial charge in [0.05, 0.1) is 5.69 Å². The van der Waals surface area contributed by atoms with Crippen molar-refractivity contribution in [1.82, 2.24) is 4.98 Å². The molecule has 0 saturated heterocycles. The zero-order valence-corrected chi connectivity index (χ0v) is 16.5. The number of nitrogens with one attached hydrogen (secondary N) is 1. The predicted octanol–water partition coefficient (Wildman–Crippen LogP) is 4.59. The molecule has 5 rings (SSSR count). The Kier molecular flexibility index (Phi) is 4.09. The lowest BCUT2D eigenvalue weighted by Crippen LogP contribution is -2.50. The van der Waals surface area contributed by atoms with Gasteiger partial charge in [-0.1, -0.05) is 55.8 Å². The summed E-state index contributed by atoms with van der Waals surface area (Å²) in [5, 5.41) is 3.11. The molecule has 0 radical (unpaired) electrons. The van der Waals surface area contributed by atoms with Crippen LogP contribution in [0.5, 0.6) is 0 Å². The number of H-pyrrole nitrogens is 1. The van der Waals surface area contributed by atoms with Gasteiger partial charge in [0.15, 0.2) is 5.78 Å². The fraction of sp³-hybridized carbons (Fsp3) is 0.240. The normalized spacial score (nSPS) is 18.1. The Labute approximate surface area is 169 Å². The van der Waals surface area contributed by atoms with Crippen molar-refractivity contribution in [3.63, 3.8) is 0 Å². The second kappa shape index (κ2) is 6.55. The number of hydrogen-bond donors (Lipinski definition) is 3. The van der Waals surface area contributed by atoms with Crippen LogP contribution in [0.1, 0.15) is 46.9 Å². The number of carbonyl (C=O) groups excluding carboxylic acids is 1. The van der Waals surface area contributed by atoms with Gasteiger partial charge in [-0.3, -0.25) is 4.79 Å². The lowest BCUT2D eigenvalue weighted by Gasteiger charge is -2.34. The van der Waals surface area contributed by atoms with E-state index in [4.69, 9.17) is 11.5 Å². The second-order valence-corrected chi connectivity index (χ2v) is 8.32. The molecule has 0 bridgehead atoms. The molecule has 0 spiro atoms. The first-order chi connectivity index (χ1) is 14.0. The summed E-state index contributed by atoms with van der Waals surface area (Å²) in [5.41, 5.74) is 16.5. The van der Waals surface area contributed by atoms with Crippen LogP contribution in [0.2, 0.25) is 0 Å². The maximum absolute atomic E-state index is 13.4. The molecule has 29 heavy (non-hydrogen) atoms. The highest BCUT2D eigenvalue weighted by Crippen LogP contribution is 2.39. The molecule has 1 aliphatic rings. The number of aromatic nitrogens is 1. The Morgan fingerprint density at radius 2 is 1.86 bits per heavy atom. The molecule has 0 aliphatic heterocycles. The SMILES string of the molecule is CCC1Cc2c([nH]c3ccc(C(=O)c4cccc5ccccc45)cc23)C(N)(N)C1. The van der Waals surface area contributed by atoms with Crippen LogP contribution in [0.4, 0.5) is 0 Å². The number of hydrogen-bond acceptors (Lipinski definition) is 3. The summed E-state index contributed by atoms with van der Waals surface area (Å²) in [6.45, 7) is 2.18. The lowest BCUT2D eigenvalue weighted by molar-refractivity contribution is 0.104. The zero-order chi connectivity index (χ0) is 20.2. The van der Waals surface area contributed by atoms with Gasteiger partial charge in [0.25, 0.3) is 0 Å². The highest BCUT2D eigenvalue weighted by molar-refractivity contribution is 6.17. The molecule has 1 heterocycles. The first-order valence-corrected chi connectivity index (χ1v) is 10.2. The van der Waals surface area contributed by atoms with E-state index < -0.39 is 5.66 Å². The molecule has 1 unspecified atom stereocenters. The molecule has 5 N–H and O–H groups in total. The van der Waals surface area contributed by atoms with Crippen molar-refractivity contribution in [3.8, 4) is 0 Å². The van der Waals surface area contributed by atoms with Gasteiger partial charge in [0, 0.05) is 22.0 Å². The number of fused-ring (bicyclic) bond motifs is 4. The Morgan fingerprint density at radius 1 is 1.07 bits per heavy atom. The van der Waals surface area contributed by atoms with E-state index in [9.17, 15) is 4.79 Å². The minimum atomic E-state index is -0.854. The quantitative estimate of drug-likeness (QED) is 0.357. The van der Waals surface area contributed by atoms with E-state index in [1.807, 2.05) is 60.7 Å². The van der Waals surface area contributed by atoms with Gasteiger partial charge in [-0.25, -0.2) is 0 Å². The van der Waals surface area contributed by atoms with Gasteiger partial charge in [0.2, 0.25) is 0 Å². The van der Waals surface area contributed by atoms with Crippen molar-refractivity contribution in [2.75, 3.05) is 0 Å². The van der Waals surface area contributed by atoms with E-state index in [1.54, 1.807) is 0 Å². The zero-order valence-electron chi connectivity index (χ0n) is 16.5. The molecule has 146 valence electrons. The summed E-state index contributed by atoms with van der Waals surface area (Å²) in [6, 6.07) is 19.7. The third-order valence-electron chi connectivity index (χ3n) is 6.36. The smallest absolute Gasteiger partial charge is 0.193 e. The van der Waals surface area contributed by atoms with Crippen molar-refractivity contribution in [2.24, 2.45) is 17.4 Å². The molecule has 0 saturated carbocycles. The number of rotatable bonds is 3. The van der Waals surface area contributed by atoms with Crippen LogP contribution in [0.15, 0.2) is 60.7 Å². The second-order valence-electron chi connectivity index (χ2n) is 8.32. The van der Waals surface area contributed by atoms with E-state index in [-0.39, 0.29) is 5.78 Å². The number of carbonyl (C=O) groups is 1. The molecule has 1 aromatic heterocycles. The van der Waals surface area contributed by atoms with E-state index in [2.05, 4.69) is 11.9 Å². The molecule has 0 amide bonds. The number of ketones is 1. The summed E-state index contributed by atoms with van der Waals surface area (Å²) in [7, 11) is 0. The summed E-state index contributed by atoms with van der Waals surface area (Å²) in [5.74, 6) is 0.488. The number of aromatic amines is 1. The average Bonchev–Trinajstić information content (AvgIpc) is 3.11. The maximum Gasteiger partial charge on any atom is 0.193 e. The molecule has 4 heteroatoms. The molecule has 1 atom stereocenters.